The molecule has 37 heavy (non-hydrogen) atoms. The molecule has 0 aliphatic heterocycles. The van der Waals surface area contributed by atoms with Crippen LogP contribution in [0.15, 0.2) is 30.3 Å². The quantitative estimate of drug-likeness (QED) is 0.403. The van der Waals surface area contributed by atoms with E-state index in [1.54, 1.807) is 0 Å². The summed E-state index contributed by atoms with van der Waals surface area (Å²) in [4.78, 5) is 38.4. The van der Waals surface area contributed by atoms with Crippen LogP contribution in [0.2, 0.25) is 0 Å². The lowest BCUT2D eigenvalue weighted by Gasteiger charge is -2.60. The summed E-state index contributed by atoms with van der Waals surface area (Å²) < 4.78 is 10.8. The van der Waals surface area contributed by atoms with Crippen molar-refractivity contribution in [3.8, 4) is 0 Å². The molecule has 0 bridgehead atoms. The van der Waals surface area contributed by atoms with E-state index in [0.717, 1.165) is 38.5 Å². The fourth-order valence-corrected chi connectivity index (χ4v) is 9.42. The van der Waals surface area contributed by atoms with Crippen LogP contribution in [0, 0.1) is 46.3 Å². The standard InChI is InChI=1S/C32H44O5/c1-20(10-15-29(34)36-4)25-13-14-26-24-12-11-22-18-23(37-30(35)21-8-6-5-7-9-21)16-17-31(22,2)27(24)19-28(33)32(25,26)3/h5-9,20,22-27H,10-19H2,1-4H3/t20-,22+,23+,24-,25+,26-,27-,31-,32+/m0/s1. The Morgan fingerprint density at radius 1 is 1.03 bits per heavy atom. The Bertz CT molecular complexity index is 1020. The van der Waals surface area contributed by atoms with E-state index in [9.17, 15) is 14.4 Å². The van der Waals surface area contributed by atoms with E-state index in [-0.39, 0.29) is 28.9 Å². The van der Waals surface area contributed by atoms with Crippen LogP contribution in [0.25, 0.3) is 0 Å². The summed E-state index contributed by atoms with van der Waals surface area (Å²) in [6.07, 6.45) is 9.31. The second-order valence-corrected chi connectivity index (χ2v) is 13.0. The highest BCUT2D eigenvalue weighted by atomic mass is 16.5. The first-order valence-corrected chi connectivity index (χ1v) is 14.5. The zero-order valence-electron chi connectivity index (χ0n) is 23.0. The van der Waals surface area contributed by atoms with Crippen LogP contribution in [0.1, 0.15) is 95.3 Å². The molecule has 0 heterocycles. The van der Waals surface area contributed by atoms with Gasteiger partial charge >= 0.3 is 11.9 Å². The molecule has 5 nitrogen and oxygen atoms in total. The van der Waals surface area contributed by atoms with Crippen LogP contribution in [0.4, 0.5) is 0 Å². The Morgan fingerprint density at radius 3 is 2.51 bits per heavy atom. The molecular formula is C32H44O5. The van der Waals surface area contributed by atoms with Gasteiger partial charge in [0.1, 0.15) is 11.9 Å². The summed E-state index contributed by atoms with van der Waals surface area (Å²) in [7, 11) is 1.45. The molecule has 0 radical (unpaired) electrons. The van der Waals surface area contributed by atoms with E-state index in [1.807, 2.05) is 30.3 Å². The van der Waals surface area contributed by atoms with Gasteiger partial charge in [-0.25, -0.2) is 4.79 Å². The Kier molecular flexibility index (Phi) is 7.28. The van der Waals surface area contributed by atoms with Crippen LogP contribution in [0.3, 0.4) is 0 Å². The number of rotatable bonds is 6. The summed E-state index contributed by atoms with van der Waals surface area (Å²) in [5.74, 6) is 2.79. The number of hydrogen-bond acceptors (Lipinski definition) is 5. The van der Waals surface area contributed by atoms with Gasteiger partial charge in [0, 0.05) is 18.3 Å². The third-order valence-corrected chi connectivity index (χ3v) is 11.6. The Labute approximate surface area is 222 Å². The zero-order valence-corrected chi connectivity index (χ0v) is 23.0. The Balaban J connectivity index is 1.27. The van der Waals surface area contributed by atoms with E-state index < -0.39 is 0 Å². The number of hydrogen-bond donors (Lipinski definition) is 0. The number of ketones is 1. The fraction of sp³-hybridized carbons (Fsp3) is 0.719. The first-order valence-electron chi connectivity index (χ1n) is 14.5. The van der Waals surface area contributed by atoms with Gasteiger partial charge in [-0.05, 0) is 104 Å². The smallest absolute Gasteiger partial charge is 0.338 e. The SMILES string of the molecule is COC(=O)CC[C@H](C)[C@H]1CC[C@H]2[C@@H]3CC[C@@H]4C[C@H](OC(=O)c5ccccc5)CC[C@]4(C)[C@H]3CC(=O)[C@]12C. The highest BCUT2D eigenvalue weighted by Crippen LogP contribution is 2.67. The van der Waals surface area contributed by atoms with E-state index in [0.29, 0.717) is 59.7 Å². The number of benzene rings is 1. The Morgan fingerprint density at radius 2 is 1.78 bits per heavy atom. The van der Waals surface area contributed by atoms with Gasteiger partial charge in [-0.15, -0.1) is 0 Å². The van der Waals surface area contributed by atoms with Crippen molar-refractivity contribution in [3.05, 3.63) is 35.9 Å². The largest absolute Gasteiger partial charge is 0.469 e. The summed E-state index contributed by atoms with van der Waals surface area (Å²) in [6.45, 7) is 6.93. The van der Waals surface area contributed by atoms with Gasteiger partial charge in [0.2, 0.25) is 0 Å². The minimum Gasteiger partial charge on any atom is -0.469 e. The van der Waals surface area contributed by atoms with E-state index in [4.69, 9.17) is 9.47 Å². The molecule has 5 rings (SSSR count). The van der Waals surface area contributed by atoms with E-state index in [1.165, 1.54) is 20.0 Å². The molecule has 0 amide bonds. The van der Waals surface area contributed by atoms with Crippen LogP contribution in [-0.2, 0) is 19.1 Å². The lowest BCUT2D eigenvalue weighted by Crippen LogP contribution is -2.57. The lowest BCUT2D eigenvalue weighted by molar-refractivity contribution is -0.160. The summed E-state index contributed by atoms with van der Waals surface area (Å²) in [6, 6.07) is 9.29. The average molecular weight is 509 g/mol. The number of esters is 2. The van der Waals surface area contributed by atoms with Gasteiger partial charge in [-0.2, -0.15) is 0 Å². The van der Waals surface area contributed by atoms with Crippen LogP contribution in [0.5, 0.6) is 0 Å². The van der Waals surface area contributed by atoms with Crippen molar-refractivity contribution in [3.63, 3.8) is 0 Å². The number of ether oxygens (including phenoxy) is 2. The normalized spacial score (nSPS) is 39.6. The molecule has 5 heteroatoms. The minimum atomic E-state index is -0.262. The molecule has 1 aromatic rings. The van der Waals surface area contributed by atoms with Crippen molar-refractivity contribution >= 4 is 17.7 Å². The van der Waals surface area contributed by atoms with Crippen molar-refractivity contribution in [2.24, 2.45) is 46.3 Å². The summed E-state index contributed by atoms with van der Waals surface area (Å²) in [5, 5.41) is 0. The first-order chi connectivity index (χ1) is 17.7. The zero-order chi connectivity index (χ0) is 26.4. The third kappa shape index (κ3) is 4.55. The number of fused-ring (bicyclic) bond motifs is 5. The highest BCUT2D eigenvalue weighted by Gasteiger charge is 2.64. The molecule has 4 fully saturated rings. The van der Waals surface area contributed by atoms with Crippen LogP contribution < -0.4 is 0 Å². The molecule has 0 aromatic heterocycles. The van der Waals surface area contributed by atoms with Gasteiger partial charge in [0.05, 0.1) is 12.7 Å². The Hall–Kier alpha value is -2.17. The molecule has 0 spiro atoms. The van der Waals surface area contributed by atoms with Crippen molar-refractivity contribution in [2.45, 2.75) is 91.1 Å². The molecule has 202 valence electrons. The molecule has 4 saturated carbocycles. The number of Topliss-reactive ketones (excluding diaryl/α,β-unsaturated/α-hetero) is 1. The summed E-state index contributed by atoms with van der Waals surface area (Å²) >= 11 is 0. The molecule has 4 aliphatic rings. The third-order valence-electron chi connectivity index (χ3n) is 11.6. The fourth-order valence-electron chi connectivity index (χ4n) is 9.42. The van der Waals surface area contributed by atoms with Gasteiger partial charge in [-0.1, -0.05) is 39.0 Å². The van der Waals surface area contributed by atoms with Gasteiger partial charge in [0.25, 0.3) is 0 Å². The second-order valence-electron chi connectivity index (χ2n) is 13.0. The second kappa shape index (κ2) is 10.2. The molecule has 0 N–H and O–H groups in total. The number of carbonyl (C=O) groups is 3. The van der Waals surface area contributed by atoms with Gasteiger partial charge in [-0.3, -0.25) is 9.59 Å². The van der Waals surface area contributed by atoms with Crippen molar-refractivity contribution < 1.29 is 23.9 Å². The maximum absolute atomic E-state index is 14.0. The summed E-state index contributed by atoms with van der Waals surface area (Å²) in [5.41, 5.74) is 0.500. The monoisotopic (exact) mass is 508 g/mol. The lowest BCUT2D eigenvalue weighted by atomic mass is 9.44. The maximum Gasteiger partial charge on any atom is 0.338 e. The predicted molar refractivity (Wildman–Crippen MR) is 142 cm³/mol. The van der Waals surface area contributed by atoms with Crippen molar-refractivity contribution in [1.82, 2.24) is 0 Å². The van der Waals surface area contributed by atoms with Gasteiger partial charge in [0.15, 0.2) is 0 Å². The van der Waals surface area contributed by atoms with Crippen molar-refractivity contribution in [2.75, 3.05) is 7.11 Å². The molecule has 0 saturated heterocycles. The molecule has 0 unspecified atom stereocenters. The molecule has 9 atom stereocenters. The minimum absolute atomic E-state index is 0.0292. The van der Waals surface area contributed by atoms with Crippen molar-refractivity contribution in [1.29, 1.82) is 0 Å². The number of methoxy groups -OCH3 is 1. The molecule has 4 aliphatic carbocycles. The van der Waals surface area contributed by atoms with Crippen LogP contribution >= 0.6 is 0 Å². The maximum atomic E-state index is 14.0. The topological polar surface area (TPSA) is 69.7 Å². The van der Waals surface area contributed by atoms with Crippen LogP contribution in [-0.4, -0.2) is 30.9 Å². The predicted octanol–water partition coefficient (Wildman–Crippen LogP) is 6.64. The first kappa shape index (κ1) is 26.4. The average Bonchev–Trinajstić information content (AvgIpc) is 3.27. The number of carbonyl (C=O) groups excluding carboxylic acids is 3. The van der Waals surface area contributed by atoms with E-state index >= 15 is 0 Å². The highest BCUT2D eigenvalue weighted by molar-refractivity contribution is 5.89. The van der Waals surface area contributed by atoms with E-state index in [2.05, 4.69) is 20.8 Å². The molecular weight excluding hydrogens is 464 g/mol. The molecule has 1 aromatic carbocycles. The van der Waals surface area contributed by atoms with Gasteiger partial charge < -0.3 is 9.47 Å².